The molecule has 0 aliphatic rings. The molecule has 1 amide bonds. The van der Waals surface area contributed by atoms with Crippen LogP contribution in [-0.2, 0) is 11.2 Å². The first-order valence-electron chi connectivity index (χ1n) is 7.09. The summed E-state index contributed by atoms with van der Waals surface area (Å²) in [6.07, 6.45) is 5.21. The summed E-state index contributed by atoms with van der Waals surface area (Å²) in [5, 5.41) is 2.88. The first-order valence-corrected chi connectivity index (χ1v) is 7.09. The highest BCUT2D eigenvalue weighted by Crippen LogP contribution is 2.07. The maximum Gasteiger partial charge on any atom is 0.243 e. The van der Waals surface area contributed by atoms with E-state index in [1.54, 1.807) is 6.08 Å². The van der Waals surface area contributed by atoms with Gasteiger partial charge >= 0.3 is 0 Å². The highest BCUT2D eigenvalue weighted by molar-refractivity contribution is 5.91. The highest BCUT2D eigenvalue weighted by Gasteiger charge is 1.96. The van der Waals surface area contributed by atoms with Crippen LogP contribution in [0, 0.1) is 0 Å². The summed E-state index contributed by atoms with van der Waals surface area (Å²) in [5.41, 5.74) is 8.60. The van der Waals surface area contributed by atoms with Crippen LogP contribution in [0.5, 0.6) is 0 Å². The van der Waals surface area contributed by atoms with E-state index in [0.29, 0.717) is 12.2 Å². The monoisotopic (exact) mass is 280 g/mol. The predicted octanol–water partition coefficient (Wildman–Crippen LogP) is 3.03. The summed E-state index contributed by atoms with van der Waals surface area (Å²) < 4.78 is 0. The Morgan fingerprint density at radius 2 is 1.90 bits per heavy atom. The van der Waals surface area contributed by atoms with Crippen LogP contribution < -0.4 is 11.1 Å². The molecule has 108 valence electrons. The topological polar surface area (TPSA) is 55.1 Å². The van der Waals surface area contributed by atoms with Crippen molar-refractivity contribution in [2.24, 2.45) is 0 Å². The van der Waals surface area contributed by atoms with E-state index in [2.05, 4.69) is 17.4 Å². The molecule has 0 fully saturated rings. The van der Waals surface area contributed by atoms with Crippen molar-refractivity contribution in [1.82, 2.24) is 5.32 Å². The zero-order valence-corrected chi connectivity index (χ0v) is 12.0. The van der Waals surface area contributed by atoms with Crippen LogP contribution in [-0.4, -0.2) is 12.5 Å². The Hall–Kier alpha value is -2.55. The number of hydrogen-bond donors (Lipinski definition) is 2. The summed E-state index contributed by atoms with van der Waals surface area (Å²) >= 11 is 0. The fourth-order valence-corrected chi connectivity index (χ4v) is 2.04. The van der Waals surface area contributed by atoms with Crippen LogP contribution in [0.15, 0.2) is 60.7 Å². The van der Waals surface area contributed by atoms with Crippen molar-refractivity contribution >= 4 is 17.7 Å². The number of nitrogens with one attached hydrogen (secondary N) is 1. The Labute approximate surface area is 125 Å². The van der Waals surface area contributed by atoms with Gasteiger partial charge in [0.05, 0.1) is 0 Å². The van der Waals surface area contributed by atoms with E-state index in [1.807, 2.05) is 42.5 Å². The maximum absolute atomic E-state index is 11.7. The number of hydrogen-bond acceptors (Lipinski definition) is 2. The number of amides is 1. The van der Waals surface area contributed by atoms with Crippen LogP contribution in [0.3, 0.4) is 0 Å². The zero-order chi connectivity index (χ0) is 14.9. The Morgan fingerprint density at radius 1 is 1.10 bits per heavy atom. The van der Waals surface area contributed by atoms with Gasteiger partial charge in [-0.25, -0.2) is 0 Å². The fraction of sp³-hybridized carbons (Fsp3) is 0.167. The van der Waals surface area contributed by atoms with Crippen molar-refractivity contribution in [3.8, 4) is 0 Å². The molecule has 21 heavy (non-hydrogen) atoms. The molecule has 0 spiro atoms. The number of nitrogens with two attached hydrogens (primary N) is 1. The summed E-state index contributed by atoms with van der Waals surface area (Å²) in [5.74, 6) is -0.0783. The van der Waals surface area contributed by atoms with Crippen LogP contribution in [0.25, 0.3) is 6.08 Å². The minimum atomic E-state index is -0.0783. The molecule has 3 heteroatoms. The van der Waals surface area contributed by atoms with Crippen molar-refractivity contribution in [3.05, 3.63) is 71.8 Å². The van der Waals surface area contributed by atoms with E-state index in [-0.39, 0.29) is 5.91 Å². The van der Waals surface area contributed by atoms with Crippen molar-refractivity contribution < 1.29 is 4.79 Å². The van der Waals surface area contributed by atoms with Gasteiger partial charge in [-0.15, -0.1) is 0 Å². The predicted molar refractivity (Wildman–Crippen MR) is 87.7 cm³/mol. The third-order valence-corrected chi connectivity index (χ3v) is 3.12. The quantitative estimate of drug-likeness (QED) is 0.485. The second-order valence-electron chi connectivity index (χ2n) is 4.88. The molecule has 2 aromatic rings. The minimum absolute atomic E-state index is 0.0783. The SMILES string of the molecule is Nc1cccc(/C=C/C(=O)NCCCc2ccccc2)c1. The lowest BCUT2D eigenvalue weighted by Crippen LogP contribution is -2.22. The smallest absolute Gasteiger partial charge is 0.243 e. The lowest BCUT2D eigenvalue weighted by molar-refractivity contribution is -0.116. The summed E-state index contributed by atoms with van der Waals surface area (Å²) in [6, 6.07) is 17.7. The third kappa shape index (κ3) is 5.53. The van der Waals surface area contributed by atoms with E-state index >= 15 is 0 Å². The second-order valence-corrected chi connectivity index (χ2v) is 4.88. The van der Waals surface area contributed by atoms with Crippen LogP contribution in [0.2, 0.25) is 0 Å². The van der Waals surface area contributed by atoms with Gasteiger partial charge in [0.1, 0.15) is 0 Å². The number of carbonyl (C=O) groups excluding carboxylic acids is 1. The van der Waals surface area contributed by atoms with Gasteiger partial charge in [0.25, 0.3) is 0 Å². The molecule has 3 nitrogen and oxygen atoms in total. The number of nitrogen functional groups attached to an aromatic ring is 1. The van der Waals surface area contributed by atoms with E-state index in [0.717, 1.165) is 18.4 Å². The van der Waals surface area contributed by atoms with Gasteiger partial charge in [0, 0.05) is 18.3 Å². The van der Waals surface area contributed by atoms with Gasteiger partial charge < -0.3 is 11.1 Å². The van der Waals surface area contributed by atoms with Crippen molar-refractivity contribution in [1.29, 1.82) is 0 Å². The molecule has 0 aliphatic carbocycles. The Bertz CT molecular complexity index is 606. The summed E-state index contributed by atoms with van der Waals surface area (Å²) in [4.78, 5) is 11.7. The Morgan fingerprint density at radius 3 is 2.67 bits per heavy atom. The number of anilines is 1. The molecular formula is C18H20N2O. The van der Waals surface area contributed by atoms with Gasteiger partial charge in [-0.1, -0.05) is 42.5 Å². The van der Waals surface area contributed by atoms with Gasteiger partial charge in [-0.05, 0) is 42.2 Å². The van der Waals surface area contributed by atoms with Gasteiger partial charge in [-0.3, -0.25) is 4.79 Å². The molecule has 0 unspecified atom stereocenters. The molecule has 0 saturated carbocycles. The zero-order valence-electron chi connectivity index (χ0n) is 12.0. The standard InChI is InChI=1S/C18H20N2O/c19-17-10-4-8-16(14-17)11-12-18(21)20-13-5-9-15-6-2-1-3-7-15/h1-4,6-8,10-12,14H,5,9,13,19H2,(H,20,21)/b12-11+. The van der Waals surface area contributed by atoms with E-state index < -0.39 is 0 Å². The van der Waals surface area contributed by atoms with Gasteiger partial charge in [-0.2, -0.15) is 0 Å². The number of rotatable bonds is 6. The molecule has 0 saturated heterocycles. The largest absolute Gasteiger partial charge is 0.399 e. The van der Waals surface area contributed by atoms with Crippen LogP contribution in [0.1, 0.15) is 17.5 Å². The molecule has 0 aliphatic heterocycles. The minimum Gasteiger partial charge on any atom is -0.399 e. The lowest BCUT2D eigenvalue weighted by atomic mass is 10.1. The van der Waals surface area contributed by atoms with Gasteiger partial charge in [0.15, 0.2) is 0 Å². The maximum atomic E-state index is 11.7. The molecular weight excluding hydrogens is 260 g/mol. The number of carbonyl (C=O) groups is 1. The molecule has 0 heterocycles. The lowest BCUT2D eigenvalue weighted by Gasteiger charge is -2.03. The Balaban J connectivity index is 1.70. The number of benzene rings is 2. The average Bonchev–Trinajstić information content (AvgIpc) is 2.51. The Kier molecular flexibility index (Phi) is 5.59. The van der Waals surface area contributed by atoms with E-state index in [9.17, 15) is 4.79 Å². The van der Waals surface area contributed by atoms with E-state index in [1.165, 1.54) is 11.6 Å². The molecule has 0 aromatic heterocycles. The molecule has 3 N–H and O–H groups in total. The fourth-order valence-electron chi connectivity index (χ4n) is 2.04. The molecule has 0 bridgehead atoms. The highest BCUT2D eigenvalue weighted by atomic mass is 16.1. The molecule has 2 rings (SSSR count). The number of aryl methyl sites for hydroxylation is 1. The normalized spacial score (nSPS) is 10.7. The van der Waals surface area contributed by atoms with Crippen molar-refractivity contribution in [3.63, 3.8) is 0 Å². The van der Waals surface area contributed by atoms with Gasteiger partial charge in [0.2, 0.25) is 5.91 Å². The van der Waals surface area contributed by atoms with Crippen LogP contribution in [0.4, 0.5) is 5.69 Å². The van der Waals surface area contributed by atoms with Crippen molar-refractivity contribution in [2.75, 3.05) is 12.3 Å². The summed E-state index contributed by atoms with van der Waals surface area (Å²) in [6.45, 7) is 0.676. The van der Waals surface area contributed by atoms with Crippen molar-refractivity contribution in [2.45, 2.75) is 12.8 Å². The first kappa shape index (κ1) is 14.9. The third-order valence-electron chi connectivity index (χ3n) is 3.12. The molecule has 2 aromatic carbocycles. The first-order chi connectivity index (χ1) is 10.2. The van der Waals surface area contributed by atoms with Crippen LogP contribution >= 0.6 is 0 Å². The second kappa shape index (κ2) is 7.90. The summed E-state index contributed by atoms with van der Waals surface area (Å²) in [7, 11) is 0. The molecule has 0 radical (unpaired) electrons. The van der Waals surface area contributed by atoms with E-state index in [4.69, 9.17) is 5.73 Å². The average molecular weight is 280 g/mol. The molecule has 0 atom stereocenters.